The lowest BCUT2D eigenvalue weighted by Gasteiger charge is -2.34. The minimum atomic E-state index is -0.474. The van der Waals surface area contributed by atoms with E-state index >= 15 is 0 Å². The van der Waals surface area contributed by atoms with Crippen LogP contribution < -0.4 is 0 Å². The number of nitrogens with zero attached hydrogens (tertiary/aromatic N) is 2. The molecule has 196 valence electrons. The van der Waals surface area contributed by atoms with Crippen molar-refractivity contribution in [2.45, 2.75) is 38.0 Å². The molecular weight excluding hydrogens is 496 g/mol. The van der Waals surface area contributed by atoms with Crippen molar-refractivity contribution in [1.29, 1.82) is 5.26 Å². The summed E-state index contributed by atoms with van der Waals surface area (Å²) >= 11 is 0. The topological polar surface area (TPSA) is 28.7 Å². The molecule has 1 unspecified atom stereocenters. The number of fused-ring (bicyclic) bond motifs is 6. The minimum absolute atomic E-state index is 0.474. The molecule has 0 saturated carbocycles. The Morgan fingerprint density at radius 1 is 0.683 bits per heavy atom. The summed E-state index contributed by atoms with van der Waals surface area (Å²) in [5.41, 5.74) is 14.4. The van der Waals surface area contributed by atoms with Gasteiger partial charge < -0.3 is 4.57 Å². The third-order valence-corrected chi connectivity index (χ3v) is 9.38. The Morgan fingerprint density at radius 2 is 1.41 bits per heavy atom. The van der Waals surface area contributed by atoms with Crippen molar-refractivity contribution in [3.8, 4) is 22.9 Å². The smallest absolute Gasteiger partial charge is 0.0991 e. The molecule has 0 amide bonds. The van der Waals surface area contributed by atoms with E-state index in [4.69, 9.17) is 0 Å². The fourth-order valence-corrected chi connectivity index (χ4v) is 7.60. The van der Waals surface area contributed by atoms with Gasteiger partial charge in [-0.15, -0.1) is 0 Å². The van der Waals surface area contributed by atoms with Gasteiger partial charge in [0.2, 0.25) is 0 Å². The molecule has 1 atom stereocenters. The van der Waals surface area contributed by atoms with Crippen LogP contribution in [-0.2, 0) is 18.3 Å². The second-order valence-electron chi connectivity index (χ2n) is 11.6. The zero-order valence-electron chi connectivity index (χ0n) is 23.2. The lowest BCUT2D eigenvalue weighted by Crippen LogP contribution is -2.28. The quantitative estimate of drug-likeness (QED) is 0.226. The zero-order chi connectivity index (χ0) is 27.6. The second-order valence-corrected chi connectivity index (χ2v) is 11.6. The SMILES string of the molecule is Cc1ccc(C2(c3ccc4c(c3)c3c(n4-c4ccccc4)CCCC3)c3ccccc3-c3cc(C#N)ccc32)cc1. The van der Waals surface area contributed by atoms with Gasteiger partial charge in [0, 0.05) is 16.8 Å². The molecule has 2 aliphatic carbocycles. The molecule has 0 bridgehead atoms. The molecule has 2 aliphatic rings. The van der Waals surface area contributed by atoms with Crippen molar-refractivity contribution in [3.63, 3.8) is 0 Å². The summed E-state index contributed by atoms with van der Waals surface area (Å²) in [4.78, 5) is 0. The monoisotopic (exact) mass is 526 g/mol. The van der Waals surface area contributed by atoms with Crippen molar-refractivity contribution in [2.24, 2.45) is 0 Å². The summed E-state index contributed by atoms with van der Waals surface area (Å²) in [5, 5.41) is 11.2. The van der Waals surface area contributed by atoms with Crippen LogP contribution >= 0.6 is 0 Å². The standard InChI is InChI=1S/C39H30N2/c1-26-15-18-28(19-16-26)39(35-13-7-5-11-31(35)33-23-27(25-40)17-21-36(33)39)29-20-22-38-34(24-29)32-12-6-8-14-37(32)41(38)30-9-3-2-4-10-30/h2-5,7,9-11,13,15-24H,6,8,12,14H2,1H3. The number of hydrogen-bond donors (Lipinski definition) is 0. The molecule has 0 spiro atoms. The van der Waals surface area contributed by atoms with Crippen LogP contribution in [0.1, 0.15) is 57.5 Å². The molecule has 2 nitrogen and oxygen atoms in total. The largest absolute Gasteiger partial charge is 0.313 e. The first kappa shape index (κ1) is 24.0. The highest BCUT2D eigenvalue weighted by atomic mass is 15.0. The van der Waals surface area contributed by atoms with Crippen LogP contribution in [0, 0.1) is 18.3 Å². The Morgan fingerprint density at radius 3 is 2.24 bits per heavy atom. The summed E-state index contributed by atoms with van der Waals surface area (Å²) in [5.74, 6) is 0. The van der Waals surface area contributed by atoms with Crippen LogP contribution in [0.15, 0.2) is 115 Å². The molecule has 41 heavy (non-hydrogen) atoms. The maximum Gasteiger partial charge on any atom is 0.0991 e. The predicted octanol–water partition coefficient (Wildman–Crippen LogP) is 9.05. The molecule has 0 fully saturated rings. The first-order valence-electron chi connectivity index (χ1n) is 14.6. The van der Waals surface area contributed by atoms with E-state index in [2.05, 4.69) is 127 Å². The Labute approximate surface area is 241 Å². The van der Waals surface area contributed by atoms with Gasteiger partial charge in [-0.05, 0) is 108 Å². The Kier molecular flexibility index (Phi) is 5.31. The molecular formula is C39H30N2. The fraction of sp³-hybridized carbons (Fsp3) is 0.154. The molecule has 5 aromatic carbocycles. The van der Waals surface area contributed by atoms with Crippen molar-refractivity contribution < 1.29 is 0 Å². The third-order valence-electron chi connectivity index (χ3n) is 9.38. The van der Waals surface area contributed by atoms with Crippen LogP contribution in [0.25, 0.3) is 27.7 Å². The van der Waals surface area contributed by atoms with Gasteiger partial charge in [0.1, 0.15) is 0 Å². The van der Waals surface area contributed by atoms with Gasteiger partial charge in [0.25, 0.3) is 0 Å². The highest BCUT2D eigenvalue weighted by Gasteiger charge is 2.46. The summed E-state index contributed by atoms with van der Waals surface area (Å²) in [6.45, 7) is 2.15. The maximum atomic E-state index is 9.79. The van der Waals surface area contributed by atoms with E-state index < -0.39 is 5.41 Å². The van der Waals surface area contributed by atoms with E-state index in [0.29, 0.717) is 5.56 Å². The molecule has 0 aliphatic heterocycles. The van der Waals surface area contributed by atoms with Crippen LogP contribution in [0.3, 0.4) is 0 Å². The molecule has 0 radical (unpaired) electrons. The van der Waals surface area contributed by atoms with E-state index in [1.54, 1.807) is 0 Å². The number of benzene rings is 5. The summed E-state index contributed by atoms with van der Waals surface area (Å²) in [6, 6.07) is 44.5. The predicted molar refractivity (Wildman–Crippen MR) is 167 cm³/mol. The molecule has 0 N–H and O–H groups in total. The highest BCUT2D eigenvalue weighted by Crippen LogP contribution is 2.56. The van der Waals surface area contributed by atoms with Gasteiger partial charge in [-0.25, -0.2) is 0 Å². The van der Waals surface area contributed by atoms with Crippen LogP contribution in [0.5, 0.6) is 0 Å². The van der Waals surface area contributed by atoms with Gasteiger partial charge in [-0.2, -0.15) is 5.26 Å². The number of para-hydroxylation sites is 1. The van der Waals surface area contributed by atoms with Crippen molar-refractivity contribution in [2.75, 3.05) is 0 Å². The Bertz CT molecular complexity index is 2000. The van der Waals surface area contributed by atoms with Crippen molar-refractivity contribution in [1.82, 2.24) is 4.57 Å². The van der Waals surface area contributed by atoms with Crippen LogP contribution in [0.2, 0.25) is 0 Å². The average Bonchev–Trinajstić information content (AvgIpc) is 3.52. The van der Waals surface area contributed by atoms with Crippen molar-refractivity contribution in [3.05, 3.63) is 160 Å². The first-order valence-corrected chi connectivity index (χ1v) is 14.6. The summed E-state index contributed by atoms with van der Waals surface area (Å²) in [6.07, 6.45) is 4.69. The molecule has 1 heterocycles. The number of nitriles is 1. The van der Waals surface area contributed by atoms with Crippen LogP contribution in [0.4, 0.5) is 0 Å². The van der Waals surface area contributed by atoms with Gasteiger partial charge in [0.05, 0.1) is 22.6 Å². The molecule has 8 rings (SSSR count). The normalized spacial score (nSPS) is 17.1. The van der Waals surface area contributed by atoms with Gasteiger partial charge in [-0.3, -0.25) is 0 Å². The van der Waals surface area contributed by atoms with Crippen molar-refractivity contribution >= 4 is 10.9 Å². The maximum absolute atomic E-state index is 9.79. The van der Waals surface area contributed by atoms with E-state index in [1.165, 1.54) is 74.1 Å². The second kappa shape index (κ2) is 9.08. The van der Waals surface area contributed by atoms with Gasteiger partial charge in [0.15, 0.2) is 0 Å². The van der Waals surface area contributed by atoms with E-state index in [-0.39, 0.29) is 0 Å². The molecule has 0 saturated heterocycles. The zero-order valence-corrected chi connectivity index (χ0v) is 23.2. The lowest BCUT2D eigenvalue weighted by molar-refractivity contribution is 0.667. The molecule has 1 aromatic heterocycles. The van der Waals surface area contributed by atoms with Gasteiger partial charge >= 0.3 is 0 Å². The molecule has 2 heteroatoms. The summed E-state index contributed by atoms with van der Waals surface area (Å²) < 4.78 is 2.50. The Balaban J connectivity index is 1.48. The van der Waals surface area contributed by atoms with E-state index in [9.17, 15) is 5.26 Å². The van der Waals surface area contributed by atoms with Gasteiger partial charge in [-0.1, -0.05) is 84.4 Å². The minimum Gasteiger partial charge on any atom is -0.313 e. The summed E-state index contributed by atoms with van der Waals surface area (Å²) in [7, 11) is 0. The number of rotatable bonds is 3. The fourth-order valence-electron chi connectivity index (χ4n) is 7.60. The first-order chi connectivity index (χ1) is 20.2. The van der Waals surface area contributed by atoms with Crippen LogP contribution in [-0.4, -0.2) is 4.57 Å². The number of hydrogen-bond acceptors (Lipinski definition) is 1. The Hall–Kier alpha value is -4.87. The average molecular weight is 527 g/mol. The third kappa shape index (κ3) is 3.36. The van der Waals surface area contributed by atoms with E-state index in [1.807, 2.05) is 6.07 Å². The lowest BCUT2D eigenvalue weighted by atomic mass is 9.67. The van der Waals surface area contributed by atoms with E-state index in [0.717, 1.165) is 18.4 Å². The number of aryl methyl sites for hydroxylation is 2. The highest BCUT2D eigenvalue weighted by molar-refractivity contribution is 5.92. The molecule has 6 aromatic rings. The number of aromatic nitrogens is 1.